The monoisotopic (exact) mass is 399 g/mol. The molecule has 1 N–H and O–H groups in total. The molecule has 0 aliphatic rings. The smallest absolute Gasteiger partial charge is 0.446 e. The van der Waals surface area contributed by atoms with Gasteiger partial charge >= 0.3 is 12.1 Å². The van der Waals surface area contributed by atoms with Crippen molar-refractivity contribution in [3.05, 3.63) is 35.9 Å². The Morgan fingerprint density at radius 2 is 1.96 bits per heavy atom. The van der Waals surface area contributed by atoms with E-state index in [9.17, 15) is 14.7 Å². The molecule has 1 rings (SSSR count). The van der Waals surface area contributed by atoms with Gasteiger partial charge in [-0.1, -0.05) is 42.4 Å². The maximum atomic E-state index is 12.1. The summed E-state index contributed by atoms with van der Waals surface area (Å²) < 4.78 is 3.19. The standard InChI is InChI=1S/C17H25N3O4S2/c1-5-15(11-16(21)22)20(12-14-9-7-6-8-10-14)26-19(3)17(23)24-18-13(2)25-4/h6-10,15H,5,11-12H2,1-4H3,(H,21,22). The summed E-state index contributed by atoms with van der Waals surface area (Å²) in [4.78, 5) is 28.2. The number of rotatable bonds is 9. The van der Waals surface area contributed by atoms with Gasteiger partial charge in [0.2, 0.25) is 0 Å². The van der Waals surface area contributed by atoms with E-state index in [1.54, 1.807) is 14.0 Å². The number of carboxylic acids is 1. The Morgan fingerprint density at radius 1 is 1.31 bits per heavy atom. The summed E-state index contributed by atoms with van der Waals surface area (Å²) in [6, 6.07) is 9.47. The third-order valence-electron chi connectivity index (χ3n) is 3.50. The van der Waals surface area contributed by atoms with Gasteiger partial charge in [0.05, 0.1) is 6.42 Å². The van der Waals surface area contributed by atoms with E-state index in [2.05, 4.69) is 5.16 Å². The van der Waals surface area contributed by atoms with E-state index < -0.39 is 12.1 Å². The molecular weight excluding hydrogens is 374 g/mol. The summed E-state index contributed by atoms with van der Waals surface area (Å²) in [5, 5.41) is 13.5. The van der Waals surface area contributed by atoms with Crippen molar-refractivity contribution in [1.82, 2.24) is 8.61 Å². The number of benzene rings is 1. The van der Waals surface area contributed by atoms with E-state index in [0.717, 1.165) is 17.7 Å². The van der Waals surface area contributed by atoms with Crippen LogP contribution in [0.3, 0.4) is 0 Å². The Balaban J connectivity index is 2.85. The lowest BCUT2D eigenvalue weighted by molar-refractivity contribution is -0.138. The van der Waals surface area contributed by atoms with Crippen LogP contribution in [0.25, 0.3) is 0 Å². The summed E-state index contributed by atoms with van der Waals surface area (Å²) >= 11 is 2.52. The molecule has 1 unspecified atom stereocenters. The van der Waals surface area contributed by atoms with E-state index in [1.165, 1.54) is 16.1 Å². The zero-order valence-electron chi connectivity index (χ0n) is 15.4. The van der Waals surface area contributed by atoms with Gasteiger partial charge in [-0.2, -0.15) is 0 Å². The third-order valence-corrected chi connectivity index (χ3v) is 5.20. The highest BCUT2D eigenvalue weighted by atomic mass is 32.2. The van der Waals surface area contributed by atoms with E-state index in [4.69, 9.17) is 4.84 Å². The lowest BCUT2D eigenvalue weighted by atomic mass is 10.1. The Morgan fingerprint density at radius 3 is 2.50 bits per heavy atom. The first-order valence-corrected chi connectivity index (χ1v) is 10.1. The van der Waals surface area contributed by atoms with E-state index >= 15 is 0 Å². The van der Waals surface area contributed by atoms with Crippen LogP contribution in [0.1, 0.15) is 32.3 Å². The van der Waals surface area contributed by atoms with Crippen molar-refractivity contribution < 1.29 is 19.5 Å². The maximum absolute atomic E-state index is 12.1. The molecule has 26 heavy (non-hydrogen) atoms. The molecule has 0 heterocycles. The fraction of sp³-hybridized carbons (Fsp3) is 0.471. The lowest BCUT2D eigenvalue weighted by Crippen LogP contribution is -2.35. The minimum atomic E-state index is -0.874. The molecule has 0 saturated heterocycles. The molecule has 0 aliphatic heterocycles. The van der Waals surface area contributed by atoms with E-state index in [0.29, 0.717) is 18.0 Å². The summed E-state index contributed by atoms with van der Waals surface area (Å²) in [6.07, 6.45) is 1.85. The Kier molecular flexibility index (Phi) is 10.2. The minimum Gasteiger partial charge on any atom is -0.481 e. The average molecular weight is 400 g/mol. The number of nitrogens with zero attached hydrogens (tertiary/aromatic N) is 3. The molecule has 7 nitrogen and oxygen atoms in total. The second-order valence-electron chi connectivity index (χ2n) is 5.47. The molecule has 1 aromatic rings. The van der Waals surface area contributed by atoms with Gasteiger partial charge in [-0.15, -0.1) is 11.8 Å². The summed E-state index contributed by atoms with van der Waals surface area (Å²) in [5.74, 6) is -0.874. The quantitative estimate of drug-likeness (QED) is 0.220. The predicted octanol–water partition coefficient (Wildman–Crippen LogP) is 4.07. The zero-order valence-corrected chi connectivity index (χ0v) is 17.0. The fourth-order valence-corrected chi connectivity index (χ4v) is 3.12. The Bertz CT molecular complexity index is 613. The number of hydrogen-bond donors (Lipinski definition) is 1. The molecule has 9 heteroatoms. The highest BCUT2D eigenvalue weighted by molar-refractivity contribution is 8.13. The molecule has 0 bridgehead atoms. The van der Waals surface area contributed by atoms with Gasteiger partial charge in [0, 0.05) is 31.8 Å². The van der Waals surface area contributed by atoms with Gasteiger partial charge < -0.3 is 5.11 Å². The second-order valence-corrected chi connectivity index (χ2v) is 7.65. The minimum absolute atomic E-state index is 0.0110. The molecule has 0 aromatic heterocycles. The molecule has 144 valence electrons. The van der Waals surface area contributed by atoms with Crippen molar-refractivity contribution >= 4 is 41.0 Å². The lowest BCUT2D eigenvalue weighted by Gasteiger charge is -2.31. The molecule has 0 fully saturated rings. The van der Waals surface area contributed by atoms with Crippen LogP contribution in [-0.4, -0.2) is 50.2 Å². The number of carboxylic acid groups (broad SMARTS) is 1. The summed E-state index contributed by atoms with van der Waals surface area (Å²) in [6.45, 7) is 4.17. The SMILES string of the molecule is CCC(CC(=O)O)N(Cc1ccccc1)SN(C)C(=O)ON=C(C)SC. The molecule has 0 saturated carbocycles. The molecule has 0 radical (unpaired) electrons. The van der Waals surface area contributed by atoms with E-state index in [1.807, 2.05) is 47.8 Å². The number of carbonyl (C=O) groups is 2. The van der Waals surface area contributed by atoms with Gasteiger partial charge in [0.1, 0.15) is 5.04 Å². The topological polar surface area (TPSA) is 82.4 Å². The van der Waals surface area contributed by atoms with Crippen molar-refractivity contribution in [2.45, 2.75) is 39.3 Å². The molecule has 1 amide bonds. The number of amides is 1. The number of oxime groups is 1. The highest BCUT2D eigenvalue weighted by Crippen LogP contribution is 2.25. The fourth-order valence-electron chi connectivity index (χ4n) is 2.03. The average Bonchev–Trinajstić information content (AvgIpc) is 2.63. The van der Waals surface area contributed by atoms with Gasteiger partial charge in [-0.05, 0) is 25.2 Å². The molecule has 0 aliphatic carbocycles. The number of aliphatic carboxylic acids is 1. The van der Waals surface area contributed by atoms with E-state index in [-0.39, 0.29) is 12.5 Å². The number of thioether (sulfide) groups is 1. The van der Waals surface area contributed by atoms with Crippen molar-refractivity contribution in [1.29, 1.82) is 0 Å². The highest BCUT2D eigenvalue weighted by Gasteiger charge is 2.25. The Labute approximate surface area is 163 Å². The van der Waals surface area contributed by atoms with Crippen molar-refractivity contribution in [3.8, 4) is 0 Å². The predicted molar refractivity (Wildman–Crippen MR) is 107 cm³/mol. The zero-order chi connectivity index (χ0) is 19.5. The van der Waals surface area contributed by atoms with Crippen LogP contribution in [0.2, 0.25) is 0 Å². The molecule has 1 aromatic carbocycles. The van der Waals surface area contributed by atoms with Crippen molar-refractivity contribution in [2.75, 3.05) is 13.3 Å². The largest absolute Gasteiger partial charge is 0.481 e. The molecule has 0 spiro atoms. The van der Waals surface area contributed by atoms with Crippen LogP contribution in [0.15, 0.2) is 35.5 Å². The van der Waals surface area contributed by atoms with Gasteiger partial charge in [-0.25, -0.2) is 13.4 Å². The van der Waals surface area contributed by atoms with Crippen LogP contribution in [0.4, 0.5) is 4.79 Å². The van der Waals surface area contributed by atoms with Crippen LogP contribution < -0.4 is 0 Å². The first-order valence-electron chi connectivity index (χ1n) is 8.11. The third kappa shape index (κ3) is 8.11. The van der Waals surface area contributed by atoms with Crippen LogP contribution in [0, 0.1) is 0 Å². The molecular formula is C17H25N3O4S2. The van der Waals surface area contributed by atoms with Crippen LogP contribution in [-0.2, 0) is 16.2 Å². The number of carbonyl (C=O) groups excluding carboxylic acids is 1. The molecule has 1 atom stereocenters. The normalized spacial score (nSPS) is 12.7. The van der Waals surface area contributed by atoms with Gasteiger partial charge in [0.25, 0.3) is 0 Å². The van der Waals surface area contributed by atoms with Gasteiger partial charge in [-0.3, -0.25) is 9.63 Å². The first kappa shape index (κ1) is 22.3. The Hall–Kier alpha value is -1.71. The number of hydrogen-bond acceptors (Lipinski definition) is 7. The van der Waals surface area contributed by atoms with Crippen LogP contribution >= 0.6 is 23.9 Å². The van der Waals surface area contributed by atoms with Crippen LogP contribution in [0.5, 0.6) is 0 Å². The summed E-state index contributed by atoms with van der Waals surface area (Å²) in [5.41, 5.74) is 1.03. The first-order chi connectivity index (χ1) is 12.4. The maximum Gasteiger partial charge on any atom is 0.446 e. The summed E-state index contributed by atoms with van der Waals surface area (Å²) in [7, 11) is 1.57. The van der Waals surface area contributed by atoms with Crippen molar-refractivity contribution in [3.63, 3.8) is 0 Å². The second kappa shape index (κ2) is 11.8. The van der Waals surface area contributed by atoms with Crippen molar-refractivity contribution in [2.24, 2.45) is 5.16 Å². The van der Waals surface area contributed by atoms with Gasteiger partial charge in [0.15, 0.2) is 0 Å².